The van der Waals surface area contributed by atoms with Crippen molar-refractivity contribution in [2.75, 3.05) is 13.1 Å². The smallest absolute Gasteiger partial charge is 0.266 e. The Labute approximate surface area is 83.9 Å². The lowest BCUT2D eigenvalue weighted by Crippen LogP contribution is -2.39. The molecule has 1 aliphatic heterocycles. The number of nitrogens with zero attached hydrogens (tertiary/aromatic N) is 1. The largest absolute Gasteiger partial charge is 0.384 e. The van der Waals surface area contributed by atoms with Crippen molar-refractivity contribution in [3.05, 3.63) is 0 Å². The number of likely N-dealkylation sites (tertiary alicyclic amines) is 1. The highest BCUT2D eigenvalue weighted by atomic mass is 19.3. The molecule has 0 radical (unpaired) electrons. The van der Waals surface area contributed by atoms with Crippen LogP contribution in [0.2, 0.25) is 0 Å². The second kappa shape index (κ2) is 4.53. The second-order valence-electron chi connectivity index (χ2n) is 4.39. The lowest BCUT2D eigenvalue weighted by molar-refractivity contribution is -0.104. The predicted octanol–water partition coefficient (Wildman–Crippen LogP) is 1.88. The van der Waals surface area contributed by atoms with E-state index in [1.165, 1.54) is 0 Å². The van der Waals surface area contributed by atoms with Crippen molar-refractivity contribution in [1.29, 1.82) is 0 Å². The second-order valence-corrected chi connectivity index (χ2v) is 4.39. The summed E-state index contributed by atoms with van der Waals surface area (Å²) in [6.45, 7) is 5.48. The standard InChI is InChI=1S/C10H19F2NO/c1-8(2)13-6-3-4-10(14,5-7-13)9(11)12/h8-9,14H,3-7H2,1-2H3. The average molecular weight is 207 g/mol. The molecule has 4 heteroatoms. The van der Waals surface area contributed by atoms with Crippen molar-refractivity contribution in [2.24, 2.45) is 0 Å². The highest BCUT2D eigenvalue weighted by Crippen LogP contribution is 2.28. The Kier molecular flexibility index (Phi) is 3.84. The van der Waals surface area contributed by atoms with Gasteiger partial charge in [-0.3, -0.25) is 0 Å². The quantitative estimate of drug-likeness (QED) is 0.747. The van der Waals surface area contributed by atoms with Gasteiger partial charge in [0.05, 0.1) is 0 Å². The highest BCUT2D eigenvalue weighted by Gasteiger charge is 2.39. The van der Waals surface area contributed by atoms with E-state index in [0.29, 0.717) is 19.0 Å². The number of halogens is 2. The van der Waals surface area contributed by atoms with Crippen LogP contribution in [0.1, 0.15) is 33.1 Å². The normalized spacial score (nSPS) is 31.1. The maximum absolute atomic E-state index is 12.5. The minimum atomic E-state index is -2.62. The molecule has 1 N–H and O–H groups in total. The van der Waals surface area contributed by atoms with E-state index in [-0.39, 0.29) is 12.8 Å². The van der Waals surface area contributed by atoms with Gasteiger partial charge in [0.2, 0.25) is 0 Å². The van der Waals surface area contributed by atoms with Crippen molar-refractivity contribution >= 4 is 0 Å². The van der Waals surface area contributed by atoms with E-state index in [9.17, 15) is 13.9 Å². The van der Waals surface area contributed by atoms with E-state index in [4.69, 9.17) is 0 Å². The topological polar surface area (TPSA) is 23.5 Å². The summed E-state index contributed by atoms with van der Waals surface area (Å²) in [7, 11) is 0. The van der Waals surface area contributed by atoms with Crippen molar-refractivity contribution in [1.82, 2.24) is 4.90 Å². The Balaban J connectivity index is 2.56. The Bertz CT molecular complexity index is 187. The number of aliphatic hydroxyl groups is 1. The molecule has 1 heterocycles. The van der Waals surface area contributed by atoms with Gasteiger partial charge < -0.3 is 10.0 Å². The van der Waals surface area contributed by atoms with Crippen molar-refractivity contribution in [3.63, 3.8) is 0 Å². The van der Waals surface area contributed by atoms with Crippen LogP contribution in [0.25, 0.3) is 0 Å². The molecule has 0 aromatic heterocycles. The third kappa shape index (κ3) is 2.64. The van der Waals surface area contributed by atoms with Crippen LogP contribution in [-0.4, -0.2) is 41.2 Å². The van der Waals surface area contributed by atoms with Gasteiger partial charge in [-0.25, -0.2) is 8.78 Å². The minimum absolute atomic E-state index is 0.183. The fourth-order valence-electron chi connectivity index (χ4n) is 1.90. The summed E-state index contributed by atoms with van der Waals surface area (Å²) in [5.41, 5.74) is -1.75. The molecule has 0 bridgehead atoms. The van der Waals surface area contributed by atoms with Gasteiger partial charge in [-0.15, -0.1) is 0 Å². The van der Waals surface area contributed by atoms with Crippen LogP contribution in [0.4, 0.5) is 8.78 Å². The average Bonchev–Trinajstić information content (AvgIpc) is 2.28. The predicted molar refractivity (Wildman–Crippen MR) is 51.5 cm³/mol. The molecule has 1 rings (SSSR count). The van der Waals surface area contributed by atoms with Gasteiger partial charge in [0.1, 0.15) is 5.60 Å². The lowest BCUT2D eigenvalue weighted by Gasteiger charge is -2.27. The molecule has 84 valence electrons. The fourth-order valence-corrected chi connectivity index (χ4v) is 1.90. The van der Waals surface area contributed by atoms with Gasteiger partial charge in [0.15, 0.2) is 0 Å². The van der Waals surface area contributed by atoms with Crippen LogP contribution >= 0.6 is 0 Å². The maximum Gasteiger partial charge on any atom is 0.266 e. The summed E-state index contributed by atoms with van der Waals surface area (Å²) in [5.74, 6) is 0. The molecule has 0 aliphatic carbocycles. The summed E-state index contributed by atoms with van der Waals surface area (Å²) >= 11 is 0. The van der Waals surface area contributed by atoms with Crippen LogP contribution in [0.5, 0.6) is 0 Å². The number of hydrogen-bond acceptors (Lipinski definition) is 2. The van der Waals surface area contributed by atoms with Gasteiger partial charge in [-0.1, -0.05) is 0 Å². The molecule has 1 aliphatic rings. The van der Waals surface area contributed by atoms with Gasteiger partial charge in [-0.05, 0) is 39.7 Å². The van der Waals surface area contributed by atoms with E-state index in [1.807, 2.05) is 13.8 Å². The van der Waals surface area contributed by atoms with Crippen LogP contribution < -0.4 is 0 Å². The van der Waals surface area contributed by atoms with Crippen LogP contribution in [0.15, 0.2) is 0 Å². The zero-order valence-corrected chi connectivity index (χ0v) is 8.84. The van der Waals surface area contributed by atoms with Gasteiger partial charge in [0.25, 0.3) is 6.43 Å². The molecule has 0 aromatic rings. The third-order valence-electron chi connectivity index (χ3n) is 3.02. The van der Waals surface area contributed by atoms with Crippen molar-refractivity contribution < 1.29 is 13.9 Å². The van der Waals surface area contributed by atoms with Gasteiger partial charge in [0, 0.05) is 12.6 Å². The Morgan fingerprint density at radius 2 is 1.86 bits per heavy atom. The van der Waals surface area contributed by atoms with E-state index < -0.39 is 12.0 Å². The molecular formula is C10H19F2NO. The van der Waals surface area contributed by atoms with Crippen molar-refractivity contribution in [2.45, 2.75) is 51.2 Å². The lowest BCUT2D eigenvalue weighted by atomic mass is 9.96. The van der Waals surface area contributed by atoms with Crippen LogP contribution in [0.3, 0.4) is 0 Å². The third-order valence-corrected chi connectivity index (χ3v) is 3.02. The summed E-state index contributed by atoms with van der Waals surface area (Å²) in [4.78, 5) is 2.14. The first-order valence-electron chi connectivity index (χ1n) is 5.20. The first kappa shape index (κ1) is 11.9. The highest BCUT2D eigenvalue weighted by molar-refractivity contribution is 4.86. The molecule has 0 aromatic carbocycles. The van der Waals surface area contributed by atoms with E-state index in [1.54, 1.807) is 0 Å². The first-order valence-corrected chi connectivity index (χ1v) is 5.20. The molecule has 0 spiro atoms. The van der Waals surface area contributed by atoms with E-state index >= 15 is 0 Å². The van der Waals surface area contributed by atoms with Crippen LogP contribution in [0, 0.1) is 0 Å². The summed E-state index contributed by atoms with van der Waals surface area (Å²) < 4.78 is 25.1. The van der Waals surface area contributed by atoms with Crippen LogP contribution in [-0.2, 0) is 0 Å². The molecule has 0 saturated carbocycles. The Morgan fingerprint density at radius 3 is 2.36 bits per heavy atom. The van der Waals surface area contributed by atoms with E-state index in [2.05, 4.69) is 4.90 Å². The Morgan fingerprint density at radius 1 is 1.21 bits per heavy atom. The fraction of sp³-hybridized carbons (Fsp3) is 1.00. The SMILES string of the molecule is CC(C)N1CCCC(O)(C(F)F)CC1. The maximum atomic E-state index is 12.5. The minimum Gasteiger partial charge on any atom is -0.384 e. The summed E-state index contributed by atoms with van der Waals surface area (Å²) in [6, 6.07) is 0.370. The first-order chi connectivity index (χ1) is 6.46. The number of rotatable bonds is 2. The molecule has 1 atom stereocenters. The molecular weight excluding hydrogens is 188 g/mol. The zero-order chi connectivity index (χ0) is 10.8. The number of alkyl halides is 2. The summed E-state index contributed by atoms with van der Waals surface area (Å²) in [5, 5.41) is 9.65. The molecule has 2 nitrogen and oxygen atoms in total. The van der Waals surface area contributed by atoms with Crippen molar-refractivity contribution in [3.8, 4) is 0 Å². The molecule has 1 saturated heterocycles. The molecule has 0 amide bonds. The summed E-state index contributed by atoms with van der Waals surface area (Å²) in [6.07, 6.45) is -1.56. The van der Waals surface area contributed by atoms with Gasteiger partial charge in [-0.2, -0.15) is 0 Å². The number of hydrogen-bond donors (Lipinski definition) is 1. The Hall–Kier alpha value is -0.220. The molecule has 1 unspecified atom stereocenters. The monoisotopic (exact) mass is 207 g/mol. The van der Waals surface area contributed by atoms with E-state index in [0.717, 1.165) is 6.54 Å². The van der Waals surface area contributed by atoms with Gasteiger partial charge >= 0.3 is 0 Å². The zero-order valence-electron chi connectivity index (χ0n) is 8.84. The molecule has 1 fully saturated rings. The molecule has 14 heavy (non-hydrogen) atoms.